The molecule has 0 aliphatic carbocycles. The van der Waals surface area contributed by atoms with Crippen LogP contribution in [0.3, 0.4) is 0 Å². The van der Waals surface area contributed by atoms with E-state index in [1.807, 2.05) is 0 Å². The monoisotopic (exact) mass is 268 g/mol. The second kappa shape index (κ2) is 4.31. The lowest BCUT2D eigenvalue weighted by Gasteiger charge is -1.96. The Hall–Kier alpha value is -1.56. The Labute approximate surface area is 93.6 Å². The minimum Gasteiger partial charge on any atom is -0.208 e. The number of benzene rings is 1. The van der Waals surface area contributed by atoms with Crippen molar-refractivity contribution in [2.75, 3.05) is 0 Å². The Morgan fingerprint density at radius 2 is 2.07 bits per heavy atom. The summed E-state index contributed by atoms with van der Waals surface area (Å²) in [5.74, 6) is -0.324. The second-order valence-electron chi connectivity index (χ2n) is 2.75. The number of nitrogens with zero attached hydrogens (tertiary/aromatic N) is 4. The van der Waals surface area contributed by atoms with Crippen LogP contribution in [-0.2, 0) is 0 Å². The molecular formula is C9H6BrFN4. The number of rotatable bonds is 2. The van der Waals surface area contributed by atoms with Crippen LogP contribution in [0.2, 0.25) is 0 Å². The number of halogens is 2. The third kappa shape index (κ3) is 2.47. The first-order valence-electron chi connectivity index (χ1n) is 4.10. The molecule has 0 N–H and O–H groups in total. The molecule has 76 valence electrons. The summed E-state index contributed by atoms with van der Waals surface area (Å²) >= 11 is 3.26. The van der Waals surface area contributed by atoms with Gasteiger partial charge in [-0.15, -0.1) is 10.2 Å². The quantitative estimate of drug-likeness (QED) is 0.783. The predicted octanol–water partition coefficient (Wildman–Crippen LogP) is 2.06. The third-order valence-corrected chi connectivity index (χ3v) is 2.19. The average Bonchev–Trinajstić information content (AvgIpc) is 2.72. The molecule has 0 saturated carbocycles. The van der Waals surface area contributed by atoms with Crippen LogP contribution in [0.15, 0.2) is 40.4 Å². The van der Waals surface area contributed by atoms with Crippen molar-refractivity contribution < 1.29 is 4.39 Å². The van der Waals surface area contributed by atoms with Gasteiger partial charge in [0.1, 0.15) is 18.5 Å². The van der Waals surface area contributed by atoms with Gasteiger partial charge in [-0.25, -0.2) is 9.07 Å². The van der Waals surface area contributed by atoms with Crippen LogP contribution < -0.4 is 0 Å². The first-order chi connectivity index (χ1) is 7.25. The lowest BCUT2D eigenvalue weighted by molar-refractivity contribution is 0.625. The van der Waals surface area contributed by atoms with E-state index in [9.17, 15) is 4.39 Å². The van der Waals surface area contributed by atoms with Crippen LogP contribution in [-0.4, -0.2) is 21.1 Å². The van der Waals surface area contributed by atoms with Crippen molar-refractivity contribution in [1.29, 1.82) is 0 Å². The molecule has 1 aromatic carbocycles. The highest BCUT2D eigenvalue weighted by molar-refractivity contribution is 9.10. The van der Waals surface area contributed by atoms with Crippen molar-refractivity contribution in [3.8, 4) is 0 Å². The fourth-order valence-corrected chi connectivity index (χ4v) is 1.38. The topological polar surface area (TPSA) is 43.1 Å². The Morgan fingerprint density at radius 1 is 1.33 bits per heavy atom. The predicted molar refractivity (Wildman–Crippen MR) is 57.1 cm³/mol. The van der Waals surface area contributed by atoms with Crippen LogP contribution in [0.4, 0.5) is 4.39 Å². The van der Waals surface area contributed by atoms with Gasteiger partial charge in [-0.3, -0.25) is 0 Å². The van der Waals surface area contributed by atoms with Crippen molar-refractivity contribution in [3.05, 3.63) is 46.7 Å². The molecule has 4 nitrogen and oxygen atoms in total. The Kier molecular flexibility index (Phi) is 2.86. The van der Waals surface area contributed by atoms with Crippen molar-refractivity contribution in [1.82, 2.24) is 14.9 Å². The molecule has 0 amide bonds. The zero-order chi connectivity index (χ0) is 10.7. The molecule has 0 spiro atoms. The van der Waals surface area contributed by atoms with Crippen molar-refractivity contribution in [2.45, 2.75) is 0 Å². The van der Waals surface area contributed by atoms with Gasteiger partial charge >= 0.3 is 0 Å². The summed E-state index contributed by atoms with van der Waals surface area (Å²) in [5.41, 5.74) is 0.401. The maximum atomic E-state index is 13.2. The minimum absolute atomic E-state index is 0.324. The zero-order valence-corrected chi connectivity index (χ0v) is 9.09. The third-order valence-electron chi connectivity index (χ3n) is 1.69. The average molecular weight is 269 g/mol. The highest BCUT2D eigenvalue weighted by atomic mass is 79.9. The molecule has 0 radical (unpaired) electrons. The minimum atomic E-state index is -0.324. The molecule has 0 atom stereocenters. The van der Waals surface area contributed by atoms with Crippen molar-refractivity contribution >= 4 is 22.1 Å². The molecular weight excluding hydrogens is 263 g/mol. The first kappa shape index (κ1) is 9.97. The van der Waals surface area contributed by atoms with E-state index in [1.54, 1.807) is 12.1 Å². The molecule has 0 bridgehead atoms. The van der Waals surface area contributed by atoms with E-state index in [-0.39, 0.29) is 5.82 Å². The summed E-state index contributed by atoms with van der Waals surface area (Å²) < 4.78 is 15.4. The molecule has 1 heterocycles. The Bertz CT molecular complexity index is 481. The molecule has 2 rings (SSSR count). The van der Waals surface area contributed by atoms with E-state index in [1.165, 1.54) is 29.6 Å². The number of hydrogen-bond acceptors (Lipinski definition) is 3. The summed E-state index contributed by atoms with van der Waals surface area (Å²) in [6.07, 6.45) is 4.25. The van der Waals surface area contributed by atoms with Crippen LogP contribution in [0.1, 0.15) is 5.56 Å². The molecule has 15 heavy (non-hydrogen) atoms. The zero-order valence-electron chi connectivity index (χ0n) is 7.51. The molecule has 0 saturated heterocycles. The van der Waals surface area contributed by atoms with Gasteiger partial charge in [0.2, 0.25) is 0 Å². The standard InChI is InChI=1S/C9H6BrFN4/c10-8-1-2-9(11)7(3-8)4-14-15-5-12-13-6-15/h1-6H/b14-4+. The van der Waals surface area contributed by atoms with Gasteiger partial charge < -0.3 is 0 Å². The maximum Gasteiger partial charge on any atom is 0.141 e. The highest BCUT2D eigenvalue weighted by Gasteiger charge is 1.99. The molecule has 0 unspecified atom stereocenters. The SMILES string of the molecule is Fc1ccc(Br)cc1/C=N/n1cnnc1. The van der Waals surface area contributed by atoms with Crippen LogP contribution in [0.5, 0.6) is 0 Å². The van der Waals surface area contributed by atoms with E-state index in [2.05, 4.69) is 31.2 Å². The summed E-state index contributed by atoms with van der Waals surface area (Å²) in [6, 6.07) is 4.65. The van der Waals surface area contributed by atoms with Crippen molar-refractivity contribution in [2.24, 2.45) is 5.10 Å². The van der Waals surface area contributed by atoms with Gasteiger partial charge in [-0.1, -0.05) is 15.9 Å². The molecule has 0 aliphatic rings. The lowest BCUT2D eigenvalue weighted by Crippen LogP contribution is -1.91. The van der Waals surface area contributed by atoms with Crippen molar-refractivity contribution in [3.63, 3.8) is 0 Å². The van der Waals surface area contributed by atoms with Crippen LogP contribution in [0.25, 0.3) is 0 Å². The summed E-state index contributed by atoms with van der Waals surface area (Å²) in [5, 5.41) is 11.1. The summed E-state index contributed by atoms with van der Waals surface area (Å²) in [7, 11) is 0. The maximum absolute atomic E-state index is 13.2. The van der Waals surface area contributed by atoms with Gasteiger partial charge in [-0.05, 0) is 18.2 Å². The van der Waals surface area contributed by atoms with E-state index in [0.717, 1.165) is 4.47 Å². The normalized spacial score (nSPS) is 11.1. The summed E-state index contributed by atoms with van der Waals surface area (Å²) in [4.78, 5) is 0. The molecule has 6 heteroatoms. The molecule has 0 aliphatic heterocycles. The van der Waals surface area contributed by atoms with Gasteiger partial charge in [-0.2, -0.15) is 5.10 Å². The van der Waals surface area contributed by atoms with E-state index in [0.29, 0.717) is 5.56 Å². The fraction of sp³-hybridized carbons (Fsp3) is 0. The highest BCUT2D eigenvalue weighted by Crippen LogP contribution is 2.13. The Morgan fingerprint density at radius 3 is 2.80 bits per heavy atom. The summed E-state index contributed by atoms with van der Waals surface area (Å²) in [6.45, 7) is 0. The lowest BCUT2D eigenvalue weighted by atomic mass is 10.2. The van der Waals surface area contributed by atoms with Crippen LogP contribution in [0, 0.1) is 5.82 Å². The van der Waals surface area contributed by atoms with Crippen LogP contribution >= 0.6 is 15.9 Å². The van der Waals surface area contributed by atoms with E-state index >= 15 is 0 Å². The molecule has 2 aromatic rings. The largest absolute Gasteiger partial charge is 0.208 e. The number of hydrogen-bond donors (Lipinski definition) is 0. The van der Waals surface area contributed by atoms with Gasteiger partial charge in [0, 0.05) is 10.0 Å². The molecule has 0 fully saturated rings. The molecule has 1 aromatic heterocycles. The fourth-order valence-electron chi connectivity index (χ4n) is 0.997. The second-order valence-corrected chi connectivity index (χ2v) is 3.67. The Balaban J connectivity index is 2.27. The van der Waals surface area contributed by atoms with Gasteiger partial charge in [0.15, 0.2) is 0 Å². The smallest absolute Gasteiger partial charge is 0.141 e. The first-order valence-corrected chi connectivity index (χ1v) is 4.89. The number of aromatic nitrogens is 3. The van der Waals surface area contributed by atoms with Gasteiger partial charge in [0.25, 0.3) is 0 Å². The van der Waals surface area contributed by atoms with Gasteiger partial charge in [0.05, 0.1) is 6.21 Å². The van der Waals surface area contributed by atoms with E-state index in [4.69, 9.17) is 0 Å². The van der Waals surface area contributed by atoms with E-state index < -0.39 is 0 Å².